The second-order valence-electron chi connectivity index (χ2n) is 14.5. The lowest BCUT2D eigenvalue weighted by molar-refractivity contribution is -0.192. The maximum Gasteiger partial charge on any atom is 0.490 e. The van der Waals surface area contributed by atoms with Gasteiger partial charge in [-0.2, -0.15) is 13.2 Å². The van der Waals surface area contributed by atoms with Crippen LogP contribution in [0.5, 0.6) is 0 Å². The number of aliphatic hydroxyl groups excluding tert-OH is 1. The number of nitrogens with two attached hydrogens (primary N) is 1. The van der Waals surface area contributed by atoms with E-state index in [1.807, 2.05) is 55.7 Å². The van der Waals surface area contributed by atoms with Gasteiger partial charge in [0.2, 0.25) is 11.8 Å². The summed E-state index contributed by atoms with van der Waals surface area (Å²) in [6.45, 7) is 5.18. The van der Waals surface area contributed by atoms with Crippen LogP contribution in [0.3, 0.4) is 0 Å². The maximum atomic E-state index is 15.0. The number of carboxylic acids is 1. The van der Waals surface area contributed by atoms with Gasteiger partial charge in [-0.15, -0.1) is 0 Å². The van der Waals surface area contributed by atoms with E-state index in [-0.39, 0.29) is 56.7 Å². The molecule has 0 fully saturated rings. The fraction of sp³-hybridized carbons (Fsp3) is 0.400. The molecular formula is C40H46F5N5O8. The molecule has 0 saturated carbocycles. The largest absolute Gasteiger partial charge is 0.490 e. The second-order valence-corrected chi connectivity index (χ2v) is 14.5. The number of halogens is 5. The van der Waals surface area contributed by atoms with Gasteiger partial charge in [0.15, 0.2) is 0 Å². The van der Waals surface area contributed by atoms with Crippen molar-refractivity contribution >= 4 is 35.4 Å². The summed E-state index contributed by atoms with van der Waals surface area (Å²) in [6.07, 6.45) is -0.878. The lowest BCUT2D eigenvalue weighted by Crippen LogP contribution is -2.53. The predicted octanol–water partition coefficient (Wildman–Crippen LogP) is 4.52. The monoisotopic (exact) mass is 819 g/mol. The summed E-state index contributed by atoms with van der Waals surface area (Å²) in [4.78, 5) is 73.8. The van der Waals surface area contributed by atoms with Crippen LogP contribution < -0.4 is 11.1 Å². The van der Waals surface area contributed by atoms with Crippen LogP contribution in [0, 0.1) is 17.0 Å². The fourth-order valence-electron chi connectivity index (χ4n) is 6.23. The van der Waals surface area contributed by atoms with Gasteiger partial charge in [-0.1, -0.05) is 51.1 Å². The van der Waals surface area contributed by atoms with Crippen LogP contribution in [0.1, 0.15) is 63.8 Å². The minimum Gasteiger partial charge on any atom is -0.475 e. The van der Waals surface area contributed by atoms with Gasteiger partial charge in [-0.05, 0) is 41.7 Å². The number of carbonyl (C=O) groups excluding carboxylic acids is 5. The zero-order valence-electron chi connectivity index (χ0n) is 32.1. The normalized spacial score (nSPS) is 13.8. The standard InChI is InChI=1S/C38H45F2N5O6.C2HF3O2/c1-38(2,3)37(32-18-26(30-19-27(39)11-13-31(30)40)22-43(32)21-25-8-5-4-6-9-25)45(36(51)24-46)23-28(20-41)42-33(48)14-12-29(47)10-7-17-44-34(49)15-16-35(44)50;3-2(4,5)1(6)7/h4-6,8-9,11,13,15-16,18-19,22,28,37,46H,7,10,12,14,17,20-21,23-24,41H2,1-3H3,(H,42,48);(H,6,7)/t28-,37-;/m0./s1. The SMILES string of the molecule is CC(C)(C)[C@H](c1cc(-c2cc(F)ccc2F)cn1Cc1ccccc1)N(C[C@H](CN)NC(=O)CCC(=O)CCCN1C(=O)C=CC1=O)C(=O)CO.O=C(O)C(F)(F)F. The average molecular weight is 820 g/mol. The number of hydrogen-bond acceptors (Lipinski definition) is 8. The molecule has 1 aliphatic rings. The molecular weight excluding hydrogens is 773 g/mol. The second kappa shape index (κ2) is 20.6. The van der Waals surface area contributed by atoms with Crippen LogP contribution in [0.25, 0.3) is 11.1 Å². The number of amides is 4. The molecule has 58 heavy (non-hydrogen) atoms. The van der Waals surface area contributed by atoms with Crippen LogP contribution >= 0.6 is 0 Å². The number of alkyl halides is 3. The molecule has 314 valence electrons. The summed E-state index contributed by atoms with van der Waals surface area (Å²) >= 11 is 0. The van der Waals surface area contributed by atoms with Gasteiger partial charge in [0.25, 0.3) is 11.8 Å². The molecule has 13 nitrogen and oxygen atoms in total. The first-order valence-electron chi connectivity index (χ1n) is 18.1. The summed E-state index contributed by atoms with van der Waals surface area (Å²) in [5.41, 5.74) is 7.36. The van der Waals surface area contributed by atoms with E-state index < -0.39 is 71.5 Å². The van der Waals surface area contributed by atoms with Crippen LogP contribution in [0.15, 0.2) is 72.9 Å². The molecule has 0 radical (unpaired) electrons. The first kappa shape index (κ1) is 46.6. The van der Waals surface area contributed by atoms with Gasteiger partial charge >= 0.3 is 12.1 Å². The van der Waals surface area contributed by atoms with Crippen molar-refractivity contribution in [3.8, 4) is 11.1 Å². The number of benzene rings is 2. The third-order valence-electron chi connectivity index (χ3n) is 8.91. The molecule has 1 aliphatic heterocycles. The van der Waals surface area contributed by atoms with Crippen molar-refractivity contribution in [2.45, 2.75) is 71.3 Å². The Balaban J connectivity index is 0.00000117. The Morgan fingerprint density at radius 2 is 1.53 bits per heavy atom. The van der Waals surface area contributed by atoms with Crippen molar-refractivity contribution in [2.75, 3.05) is 26.2 Å². The minimum atomic E-state index is -5.08. The predicted molar refractivity (Wildman–Crippen MR) is 200 cm³/mol. The van der Waals surface area contributed by atoms with Crippen LogP contribution in [-0.2, 0) is 35.3 Å². The highest BCUT2D eigenvalue weighted by atomic mass is 19.4. The Morgan fingerprint density at radius 3 is 2.09 bits per heavy atom. The van der Waals surface area contributed by atoms with Crippen LogP contribution in [0.2, 0.25) is 0 Å². The third-order valence-corrected chi connectivity index (χ3v) is 8.91. The molecule has 4 rings (SSSR count). The average Bonchev–Trinajstić information content (AvgIpc) is 3.71. The molecule has 4 amide bonds. The van der Waals surface area contributed by atoms with Crippen LogP contribution in [-0.4, -0.2) is 98.4 Å². The third kappa shape index (κ3) is 13.4. The number of rotatable bonds is 17. The molecule has 2 atom stereocenters. The van der Waals surface area contributed by atoms with Crippen molar-refractivity contribution < 1.29 is 60.9 Å². The zero-order chi connectivity index (χ0) is 43.4. The van der Waals surface area contributed by atoms with E-state index in [0.717, 1.165) is 28.7 Å². The molecule has 0 spiro atoms. The number of aliphatic hydroxyl groups is 1. The number of imide groups is 1. The lowest BCUT2D eigenvalue weighted by Gasteiger charge is -2.42. The highest BCUT2D eigenvalue weighted by Gasteiger charge is 2.39. The molecule has 18 heteroatoms. The maximum absolute atomic E-state index is 15.0. The van der Waals surface area contributed by atoms with E-state index in [0.29, 0.717) is 17.8 Å². The topological polar surface area (TPSA) is 192 Å². The quantitative estimate of drug-likeness (QED) is 0.112. The Morgan fingerprint density at radius 1 is 0.914 bits per heavy atom. The summed E-state index contributed by atoms with van der Waals surface area (Å²) in [7, 11) is 0. The summed E-state index contributed by atoms with van der Waals surface area (Å²) in [5.74, 6) is -6.14. The smallest absolute Gasteiger partial charge is 0.475 e. The van der Waals surface area contributed by atoms with Gasteiger partial charge in [-0.25, -0.2) is 13.6 Å². The number of carboxylic acid groups (broad SMARTS) is 1. The molecule has 5 N–H and O–H groups in total. The Kier molecular flexibility index (Phi) is 16.6. The van der Waals surface area contributed by atoms with Gasteiger partial charge in [0.1, 0.15) is 24.0 Å². The number of aliphatic carboxylic acids is 1. The zero-order valence-corrected chi connectivity index (χ0v) is 32.1. The van der Waals surface area contributed by atoms with Crippen molar-refractivity contribution in [2.24, 2.45) is 11.1 Å². The fourth-order valence-corrected chi connectivity index (χ4v) is 6.23. The summed E-state index contributed by atoms with van der Waals surface area (Å²) in [5, 5.41) is 20.0. The Labute approximate surface area is 331 Å². The number of hydrogen-bond donors (Lipinski definition) is 4. The molecule has 0 aliphatic carbocycles. The van der Waals surface area contributed by atoms with E-state index in [1.165, 1.54) is 17.1 Å². The number of aromatic nitrogens is 1. The molecule has 0 bridgehead atoms. The number of ketones is 1. The Bertz CT molecular complexity index is 1960. The van der Waals surface area contributed by atoms with Crippen molar-refractivity contribution in [3.05, 3.63) is 95.8 Å². The van der Waals surface area contributed by atoms with Gasteiger partial charge in [0, 0.05) is 80.6 Å². The van der Waals surface area contributed by atoms with Crippen LogP contribution in [0.4, 0.5) is 22.0 Å². The first-order valence-corrected chi connectivity index (χ1v) is 18.1. The highest BCUT2D eigenvalue weighted by Crippen LogP contribution is 2.41. The molecule has 2 heterocycles. The van der Waals surface area contributed by atoms with Crippen molar-refractivity contribution in [3.63, 3.8) is 0 Å². The number of Topliss-reactive ketones (excluding diaryl/α,β-unsaturated/α-hetero) is 1. The van der Waals surface area contributed by atoms with E-state index in [9.17, 15) is 46.6 Å². The van der Waals surface area contributed by atoms with E-state index in [1.54, 1.807) is 12.3 Å². The molecule has 3 aromatic rings. The van der Waals surface area contributed by atoms with Crippen molar-refractivity contribution in [1.29, 1.82) is 0 Å². The number of nitrogens with zero attached hydrogens (tertiary/aromatic N) is 3. The lowest BCUT2D eigenvalue weighted by atomic mass is 9.82. The summed E-state index contributed by atoms with van der Waals surface area (Å²) in [6, 6.07) is 12.9. The number of carbonyl (C=O) groups is 6. The van der Waals surface area contributed by atoms with E-state index in [2.05, 4.69) is 5.32 Å². The van der Waals surface area contributed by atoms with E-state index >= 15 is 4.39 Å². The van der Waals surface area contributed by atoms with Gasteiger partial charge in [0.05, 0.1) is 12.1 Å². The Hall–Kier alpha value is -5.75. The molecule has 2 aromatic carbocycles. The van der Waals surface area contributed by atoms with Crippen molar-refractivity contribution in [1.82, 2.24) is 19.7 Å². The minimum absolute atomic E-state index is 0.0485. The first-order chi connectivity index (χ1) is 27.2. The number of nitrogens with one attached hydrogen (secondary N) is 1. The van der Waals surface area contributed by atoms with Gasteiger partial charge < -0.3 is 30.7 Å². The summed E-state index contributed by atoms with van der Waals surface area (Å²) < 4.78 is 62.9. The van der Waals surface area contributed by atoms with Gasteiger partial charge in [-0.3, -0.25) is 28.9 Å². The molecule has 1 aromatic heterocycles. The molecule has 0 saturated heterocycles. The van der Waals surface area contributed by atoms with E-state index in [4.69, 9.17) is 15.6 Å². The highest BCUT2D eigenvalue weighted by molar-refractivity contribution is 6.12. The molecule has 0 unspecified atom stereocenters.